The number of nitrogens with one attached hydrogen (secondary N) is 2. The first-order chi connectivity index (χ1) is 16.5. The largest absolute Gasteiger partial charge is 0.496 e. The van der Waals surface area contributed by atoms with Crippen LogP contribution in [0.4, 0.5) is 0 Å². The molecule has 0 aliphatic rings. The number of carbonyl (C=O) groups is 1. The van der Waals surface area contributed by atoms with Crippen molar-refractivity contribution in [3.8, 4) is 28.4 Å². The number of aromatic nitrogens is 1. The van der Waals surface area contributed by atoms with Crippen molar-refractivity contribution in [3.05, 3.63) is 78.0 Å². The molecule has 0 saturated heterocycles. The molecule has 4 aromatic rings. The molecular weight excluding hydrogens is 432 g/mol. The number of H-pyrrole nitrogens is 1. The quantitative estimate of drug-likeness (QED) is 0.331. The van der Waals surface area contributed by atoms with Crippen LogP contribution in [0, 0.1) is 0 Å². The van der Waals surface area contributed by atoms with E-state index < -0.39 is 12.1 Å². The molecular formula is C27H28N2O5. The van der Waals surface area contributed by atoms with Crippen LogP contribution in [0.1, 0.15) is 28.8 Å². The van der Waals surface area contributed by atoms with Gasteiger partial charge in [-0.05, 0) is 47.0 Å². The SMILES string of the molecule is COc1ccc(-c2ccc(OC)c(C(=O)N[C@H](O)C(C)c3c[nH]c4ccccc34)c2)cc1OC. The normalized spacial score (nSPS) is 12.7. The van der Waals surface area contributed by atoms with Gasteiger partial charge in [-0.2, -0.15) is 0 Å². The minimum absolute atomic E-state index is 0.319. The molecule has 1 amide bonds. The fourth-order valence-corrected chi connectivity index (χ4v) is 4.06. The second-order valence-electron chi connectivity index (χ2n) is 7.98. The number of aliphatic hydroxyl groups is 1. The first-order valence-electron chi connectivity index (χ1n) is 10.9. The highest BCUT2D eigenvalue weighted by molar-refractivity contribution is 5.98. The lowest BCUT2D eigenvalue weighted by atomic mass is 9.98. The molecule has 0 bridgehead atoms. The lowest BCUT2D eigenvalue weighted by Gasteiger charge is -2.21. The Morgan fingerprint density at radius 1 is 0.882 bits per heavy atom. The Morgan fingerprint density at radius 2 is 1.53 bits per heavy atom. The Kier molecular flexibility index (Phi) is 6.75. The third-order valence-corrected chi connectivity index (χ3v) is 6.03. The van der Waals surface area contributed by atoms with Crippen LogP contribution in [-0.4, -0.2) is 43.6 Å². The summed E-state index contributed by atoms with van der Waals surface area (Å²) in [6.45, 7) is 1.87. The number of aliphatic hydroxyl groups excluding tert-OH is 1. The van der Waals surface area contributed by atoms with Crippen molar-refractivity contribution in [2.24, 2.45) is 0 Å². The number of carbonyl (C=O) groups excluding carboxylic acids is 1. The number of amides is 1. The number of rotatable bonds is 8. The fraction of sp³-hybridized carbons (Fsp3) is 0.222. The molecule has 0 saturated carbocycles. The molecule has 0 spiro atoms. The minimum Gasteiger partial charge on any atom is -0.496 e. The van der Waals surface area contributed by atoms with Gasteiger partial charge >= 0.3 is 0 Å². The lowest BCUT2D eigenvalue weighted by Crippen LogP contribution is -2.38. The number of hydrogen-bond donors (Lipinski definition) is 3. The van der Waals surface area contributed by atoms with Gasteiger partial charge in [0.1, 0.15) is 12.0 Å². The standard InChI is InChI=1S/C27H28N2O5/c1-16(21-15-28-22-8-6-5-7-19(21)22)26(30)29-27(31)20-13-17(9-11-23(20)32-2)18-10-12-24(33-3)25(14-18)34-4/h5-16,26,28,30H,1-4H3,(H,29,31)/t16?,26-/m1/s1. The Labute approximate surface area is 198 Å². The maximum absolute atomic E-state index is 13.2. The summed E-state index contributed by atoms with van der Waals surface area (Å²) in [6, 6.07) is 18.7. The third kappa shape index (κ3) is 4.43. The van der Waals surface area contributed by atoms with Gasteiger partial charge < -0.3 is 29.6 Å². The van der Waals surface area contributed by atoms with Crippen LogP contribution >= 0.6 is 0 Å². The van der Waals surface area contributed by atoms with Gasteiger partial charge in [0.05, 0.1) is 26.9 Å². The van der Waals surface area contributed by atoms with E-state index in [2.05, 4.69) is 10.3 Å². The summed E-state index contributed by atoms with van der Waals surface area (Å²) in [5, 5.41) is 14.6. The second kappa shape index (κ2) is 9.89. The van der Waals surface area contributed by atoms with E-state index in [1.807, 2.05) is 61.7 Å². The van der Waals surface area contributed by atoms with Crippen molar-refractivity contribution < 1.29 is 24.1 Å². The maximum Gasteiger partial charge on any atom is 0.257 e. The first kappa shape index (κ1) is 23.2. The van der Waals surface area contributed by atoms with Crippen LogP contribution in [0.5, 0.6) is 17.2 Å². The number of methoxy groups -OCH3 is 3. The smallest absolute Gasteiger partial charge is 0.257 e. The van der Waals surface area contributed by atoms with E-state index in [9.17, 15) is 9.90 Å². The average Bonchev–Trinajstić information content (AvgIpc) is 3.31. The number of fused-ring (bicyclic) bond motifs is 1. The molecule has 4 rings (SSSR count). The molecule has 34 heavy (non-hydrogen) atoms. The molecule has 7 nitrogen and oxygen atoms in total. The van der Waals surface area contributed by atoms with Crippen LogP contribution in [-0.2, 0) is 0 Å². The summed E-state index contributed by atoms with van der Waals surface area (Å²) in [7, 11) is 4.66. The molecule has 1 heterocycles. The van der Waals surface area contributed by atoms with E-state index in [-0.39, 0.29) is 5.92 Å². The van der Waals surface area contributed by atoms with E-state index in [1.165, 1.54) is 7.11 Å². The molecule has 1 unspecified atom stereocenters. The third-order valence-electron chi connectivity index (χ3n) is 6.03. The van der Waals surface area contributed by atoms with Crippen molar-refractivity contribution in [2.75, 3.05) is 21.3 Å². The highest BCUT2D eigenvalue weighted by atomic mass is 16.5. The Bertz CT molecular complexity index is 1310. The zero-order valence-electron chi connectivity index (χ0n) is 19.6. The Balaban J connectivity index is 1.60. The van der Waals surface area contributed by atoms with E-state index in [0.29, 0.717) is 22.8 Å². The zero-order valence-corrected chi connectivity index (χ0v) is 19.6. The molecule has 3 aromatic carbocycles. The summed E-state index contributed by atoms with van der Waals surface area (Å²) in [5.41, 5.74) is 3.87. The summed E-state index contributed by atoms with van der Waals surface area (Å²) < 4.78 is 16.1. The van der Waals surface area contributed by atoms with Gasteiger partial charge in [0.2, 0.25) is 0 Å². The number of para-hydroxylation sites is 1. The monoisotopic (exact) mass is 460 g/mol. The van der Waals surface area contributed by atoms with Crippen LogP contribution in [0.15, 0.2) is 66.9 Å². The van der Waals surface area contributed by atoms with Crippen LogP contribution in [0.2, 0.25) is 0 Å². The van der Waals surface area contributed by atoms with Crippen molar-refractivity contribution >= 4 is 16.8 Å². The Hall–Kier alpha value is -3.97. The number of benzene rings is 3. The van der Waals surface area contributed by atoms with Crippen LogP contribution in [0.25, 0.3) is 22.0 Å². The summed E-state index contributed by atoms with van der Waals surface area (Å²) in [5.74, 6) is 0.851. The molecule has 3 N–H and O–H groups in total. The molecule has 0 fully saturated rings. The van der Waals surface area contributed by atoms with Crippen molar-refractivity contribution in [3.63, 3.8) is 0 Å². The van der Waals surface area contributed by atoms with Gasteiger partial charge in [0.15, 0.2) is 11.5 Å². The van der Waals surface area contributed by atoms with Gasteiger partial charge in [0, 0.05) is 23.0 Å². The topological polar surface area (TPSA) is 92.8 Å². The molecule has 1 aromatic heterocycles. The highest BCUT2D eigenvalue weighted by Crippen LogP contribution is 2.34. The van der Waals surface area contributed by atoms with Crippen LogP contribution in [0.3, 0.4) is 0 Å². The summed E-state index contributed by atoms with van der Waals surface area (Å²) >= 11 is 0. The van der Waals surface area contributed by atoms with Gasteiger partial charge in [-0.3, -0.25) is 4.79 Å². The van der Waals surface area contributed by atoms with Crippen LogP contribution < -0.4 is 19.5 Å². The van der Waals surface area contributed by atoms with Crippen molar-refractivity contribution in [1.82, 2.24) is 10.3 Å². The molecule has 0 aliphatic carbocycles. The maximum atomic E-state index is 13.2. The molecule has 2 atom stereocenters. The molecule has 0 radical (unpaired) electrons. The second-order valence-corrected chi connectivity index (χ2v) is 7.98. The Morgan fingerprint density at radius 3 is 2.24 bits per heavy atom. The first-order valence-corrected chi connectivity index (χ1v) is 10.9. The van der Waals surface area contributed by atoms with Gasteiger partial charge in [-0.25, -0.2) is 0 Å². The number of ether oxygens (including phenoxy) is 3. The molecule has 7 heteroatoms. The fourth-order valence-electron chi connectivity index (χ4n) is 4.06. The predicted molar refractivity (Wildman–Crippen MR) is 132 cm³/mol. The van der Waals surface area contributed by atoms with Crippen molar-refractivity contribution in [1.29, 1.82) is 0 Å². The van der Waals surface area contributed by atoms with E-state index in [0.717, 1.165) is 27.6 Å². The molecule has 176 valence electrons. The minimum atomic E-state index is -1.10. The van der Waals surface area contributed by atoms with Gasteiger partial charge in [-0.1, -0.05) is 37.3 Å². The number of hydrogen-bond acceptors (Lipinski definition) is 5. The van der Waals surface area contributed by atoms with E-state index in [1.54, 1.807) is 26.4 Å². The summed E-state index contributed by atoms with van der Waals surface area (Å²) in [6.07, 6.45) is 0.768. The van der Waals surface area contributed by atoms with Gasteiger partial charge in [-0.15, -0.1) is 0 Å². The number of aromatic amines is 1. The predicted octanol–water partition coefficient (Wildman–Crippen LogP) is 4.71. The molecule has 0 aliphatic heterocycles. The summed E-state index contributed by atoms with van der Waals surface area (Å²) in [4.78, 5) is 16.4. The van der Waals surface area contributed by atoms with E-state index in [4.69, 9.17) is 14.2 Å². The van der Waals surface area contributed by atoms with Crippen molar-refractivity contribution in [2.45, 2.75) is 19.1 Å². The average molecular weight is 461 g/mol. The van der Waals surface area contributed by atoms with E-state index >= 15 is 0 Å². The highest BCUT2D eigenvalue weighted by Gasteiger charge is 2.23. The lowest BCUT2D eigenvalue weighted by molar-refractivity contribution is 0.0725. The zero-order chi connectivity index (χ0) is 24.2. The van der Waals surface area contributed by atoms with Gasteiger partial charge in [0.25, 0.3) is 5.91 Å².